The molecule has 0 radical (unpaired) electrons. The number of benzene rings is 2. The topological polar surface area (TPSA) is 9.23 Å². The summed E-state index contributed by atoms with van der Waals surface area (Å²) in [4.78, 5) is 0. The molecule has 0 spiro atoms. The molecule has 2 rings (SSSR count). The number of ether oxygens (including phenoxy) is 1. The maximum atomic E-state index is 5.10. The van der Waals surface area contributed by atoms with E-state index < -0.39 is 0 Å². The minimum absolute atomic E-state index is 0.783. The van der Waals surface area contributed by atoms with Crippen molar-refractivity contribution in [2.24, 2.45) is 0 Å². The van der Waals surface area contributed by atoms with E-state index in [2.05, 4.69) is 55.5 Å². The van der Waals surface area contributed by atoms with E-state index in [4.69, 9.17) is 4.74 Å². The molecule has 0 atom stereocenters. The summed E-state index contributed by atoms with van der Waals surface area (Å²) in [5, 5.41) is 0. The third kappa shape index (κ3) is 3.93. The molecule has 19 heavy (non-hydrogen) atoms. The smallest absolute Gasteiger partial charge is 0.0502 e. The first-order chi connectivity index (χ1) is 9.33. The average molecular weight is 254 g/mol. The maximum absolute atomic E-state index is 5.10. The van der Waals surface area contributed by atoms with Gasteiger partial charge in [-0.15, -0.1) is 0 Å². The first kappa shape index (κ1) is 13.8. The van der Waals surface area contributed by atoms with Gasteiger partial charge in [0.1, 0.15) is 0 Å². The summed E-state index contributed by atoms with van der Waals surface area (Å²) in [6, 6.07) is 17.7. The lowest BCUT2D eigenvalue weighted by Gasteiger charge is -2.06. The van der Waals surface area contributed by atoms with Crippen molar-refractivity contribution in [3.05, 3.63) is 59.7 Å². The van der Waals surface area contributed by atoms with Gasteiger partial charge in [0.05, 0.1) is 6.61 Å². The second-order valence-electron chi connectivity index (χ2n) is 4.89. The zero-order valence-corrected chi connectivity index (χ0v) is 11.9. The SMILES string of the molecule is CCCc1ccc(-c2ccc(CCOC)cc2)cc1. The summed E-state index contributed by atoms with van der Waals surface area (Å²) in [6.07, 6.45) is 3.34. The van der Waals surface area contributed by atoms with Gasteiger partial charge >= 0.3 is 0 Å². The number of aryl methyl sites for hydroxylation is 1. The van der Waals surface area contributed by atoms with Crippen LogP contribution >= 0.6 is 0 Å². The Labute approximate surface area is 116 Å². The van der Waals surface area contributed by atoms with E-state index in [-0.39, 0.29) is 0 Å². The van der Waals surface area contributed by atoms with E-state index in [1.54, 1.807) is 7.11 Å². The molecular formula is C18H22O. The van der Waals surface area contributed by atoms with Gasteiger partial charge in [-0.05, 0) is 35.1 Å². The molecule has 100 valence electrons. The van der Waals surface area contributed by atoms with Gasteiger partial charge in [-0.1, -0.05) is 61.9 Å². The first-order valence-electron chi connectivity index (χ1n) is 7.00. The molecule has 0 N–H and O–H groups in total. The molecule has 2 aromatic carbocycles. The van der Waals surface area contributed by atoms with Crippen LogP contribution in [-0.4, -0.2) is 13.7 Å². The molecular weight excluding hydrogens is 232 g/mol. The molecule has 0 aromatic heterocycles. The maximum Gasteiger partial charge on any atom is 0.0502 e. The Balaban J connectivity index is 2.08. The van der Waals surface area contributed by atoms with Gasteiger partial charge in [-0.25, -0.2) is 0 Å². The average Bonchev–Trinajstić information content (AvgIpc) is 2.47. The predicted octanol–water partition coefficient (Wildman–Crippen LogP) is 4.50. The van der Waals surface area contributed by atoms with Crippen molar-refractivity contribution in [3.8, 4) is 11.1 Å². The van der Waals surface area contributed by atoms with E-state index >= 15 is 0 Å². The molecule has 0 aliphatic rings. The molecule has 0 heterocycles. The van der Waals surface area contributed by atoms with Crippen molar-refractivity contribution in [1.82, 2.24) is 0 Å². The second kappa shape index (κ2) is 7.10. The van der Waals surface area contributed by atoms with Gasteiger partial charge in [0, 0.05) is 7.11 Å². The van der Waals surface area contributed by atoms with Crippen molar-refractivity contribution in [2.75, 3.05) is 13.7 Å². The van der Waals surface area contributed by atoms with E-state index in [1.807, 2.05) is 0 Å². The molecule has 1 nitrogen and oxygen atoms in total. The van der Waals surface area contributed by atoms with E-state index in [0.717, 1.165) is 19.4 Å². The highest BCUT2D eigenvalue weighted by Gasteiger charge is 1.99. The molecule has 0 saturated heterocycles. The summed E-state index contributed by atoms with van der Waals surface area (Å²) >= 11 is 0. The lowest BCUT2D eigenvalue weighted by molar-refractivity contribution is 0.202. The third-order valence-corrected chi connectivity index (χ3v) is 3.37. The quantitative estimate of drug-likeness (QED) is 0.737. The van der Waals surface area contributed by atoms with Crippen molar-refractivity contribution < 1.29 is 4.74 Å². The minimum atomic E-state index is 0.783. The predicted molar refractivity (Wildman–Crippen MR) is 81.5 cm³/mol. The van der Waals surface area contributed by atoms with Crippen LogP contribution in [-0.2, 0) is 17.6 Å². The Morgan fingerprint density at radius 1 is 0.737 bits per heavy atom. The van der Waals surface area contributed by atoms with E-state index in [1.165, 1.54) is 28.7 Å². The normalized spacial score (nSPS) is 10.6. The zero-order valence-electron chi connectivity index (χ0n) is 11.9. The number of hydrogen-bond acceptors (Lipinski definition) is 1. The van der Waals surface area contributed by atoms with Crippen LogP contribution in [0.25, 0.3) is 11.1 Å². The summed E-state index contributed by atoms with van der Waals surface area (Å²) in [5.41, 5.74) is 5.32. The molecule has 0 unspecified atom stereocenters. The Hall–Kier alpha value is -1.60. The summed E-state index contributed by atoms with van der Waals surface area (Å²) < 4.78 is 5.10. The number of rotatable bonds is 6. The Morgan fingerprint density at radius 2 is 1.21 bits per heavy atom. The lowest BCUT2D eigenvalue weighted by Crippen LogP contribution is -1.93. The standard InChI is InChI=1S/C18H22O/c1-3-4-15-5-9-17(10-6-15)18-11-7-16(8-12-18)13-14-19-2/h5-12H,3-4,13-14H2,1-2H3. The highest BCUT2D eigenvalue weighted by Crippen LogP contribution is 2.21. The molecule has 0 fully saturated rings. The van der Waals surface area contributed by atoms with Crippen LogP contribution in [0.15, 0.2) is 48.5 Å². The summed E-state index contributed by atoms with van der Waals surface area (Å²) in [7, 11) is 1.74. The molecule has 0 aliphatic carbocycles. The van der Waals surface area contributed by atoms with Gasteiger partial charge in [0.2, 0.25) is 0 Å². The molecule has 0 bridgehead atoms. The highest BCUT2D eigenvalue weighted by molar-refractivity contribution is 5.63. The minimum Gasteiger partial charge on any atom is -0.384 e. The molecule has 0 aliphatic heterocycles. The van der Waals surface area contributed by atoms with Gasteiger partial charge in [-0.2, -0.15) is 0 Å². The monoisotopic (exact) mass is 254 g/mol. The van der Waals surface area contributed by atoms with Crippen LogP contribution in [0.4, 0.5) is 0 Å². The van der Waals surface area contributed by atoms with Crippen molar-refractivity contribution >= 4 is 0 Å². The largest absolute Gasteiger partial charge is 0.384 e. The van der Waals surface area contributed by atoms with Crippen LogP contribution in [0, 0.1) is 0 Å². The van der Waals surface area contributed by atoms with Crippen LogP contribution in [0.3, 0.4) is 0 Å². The number of methoxy groups -OCH3 is 1. The lowest BCUT2D eigenvalue weighted by atomic mass is 10.0. The fourth-order valence-corrected chi connectivity index (χ4v) is 2.24. The summed E-state index contributed by atoms with van der Waals surface area (Å²) in [6.45, 7) is 3.00. The Morgan fingerprint density at radius 3 is 1.63 bits per heavy atom. The Kier molecular flexibility index (Phi) is 5.17. The second-order valence-corrected chi connectivity index (χ2v) is 4.89. The van der Waals surface area contributed by atoms with E-state index in [9.17, 15) is 0 Å². The third-order valence-electron chi connectivity index (χ3n) is 3.37. The van der Waals surface area contributed by atoms with Crippen molar-refractivity contribution in [3.63, 3.8) is 0 Å². The van der Waals surface area contributed by atoms with Crippen molar-refractivity contribution in [1.29, 1.82) is 0 Å². The molecule has 0 amide bonds. The fraction of sp³-hybridized carbons (Fsp3) is 0.333. The van der Waals surface area contributed by atoms with Crippen LogP contribution in [0.5, 0.6) is 0 Å². The van der Waals surface area contributed by atoms with Gasteiger partial charge in [0.15, 0.2) is 0 Å². The van der Waals surface area contributed by atoms with Crippen LogP contribution < -0.4 is 0 Å². The zero-order chi connectivity index (χ0) is 13.5. The fourth-order valence-electron chi connectivity index (χ4n) is 2.24. The number of hydrogen-bond donors (Lipinski definition) is 0. The molecule has 2 aromatic rings. The van der Waals surface area contributed by atoms with E-state index in [0.29, 0.717) is 0 Å². The van der Waals surface area contributed by atoms with Crippen molar-refractivity contribution in [2.45, 2.75) is 26.2 Å². The first-order valence-corrected chi connectivity index (χ1v) is 7.00. The molecule has 0 saturated carbocycles. The highest BCUT2D eigenvalue weighted by atomic mass is 16.5. The summed E-state index contributed by atoms with van der Waals surface area (Å²) in [5.74, 6) is 0. The van der Waals surface area contributed by atoms with Gasteiger partial charge in [0.25, 0.3) is 0 Å². The molecule has 1 heteroatoms. The van der Waals surface area contributed by atoms with Crippen LogP contribution in [0.2, 0.25) is 0 Å². The van der Waals surface area contributed by atoms with Gasteiger partial charge in [-0.3, -0.25) is 0 Å². The van der Waals surface area contributed by atoms with Gasteiger partial charge < -0.3 is 4.74 Å². The van der Waals surface area contributed by atoms with Crippen LogP contribution in [0.1, 0.15) is 24.5 Å². The Bertz CT molecular complexity index is 482.